The Balaban J connectivity index is 2.54. The average molecular weight is 241 g/mol. The van der Waals surface area contributed by atoms with Crippen molar-refractivity contribution in [3.8, 4) is 11.8 Å². The lowest BCUT2D eigenvalue weighted by molar-refractivity contribution is -0.382. The minimum Gasteiger partial charge on any atom is -0.369 e. The van der Waals surface area contributed by atoms with E-state index in [1.807, 2.05) is 0 Å². The van der Waals surface area contributed by atoms with Crippen LogP contribution in [0.5, 0.6) is 0 Å². The molecular weight excluding hydrogens is 230 g/mol. The Morgan fingerprint density at radius 3 is 3.00 bits per heavy atom. The monoisotopic (exact) mass is 241 g/mol. The number of nitro benzene ring substituents is 1. The van der Waals surface area contributed by atoms with Gasteiger partial charge >= 0.3 is 5.69 Å². The van der Waals surface area contributed by atoms with Gasteiger partial charge in [-0.2, -0.15) is 0 Å². The normalized spacial score (nSPS) is 9.61. The predicted molar refractivity (Wildman–Crippen MR) is 70.3 cm³/mol. The highest BCUT2D eigenvalue weighted by Gasteiger charge is 2.18. The zero-order chi connectivity index (χ0) is 13.0. The van der Waals surface area contributed by atoms with Crippen LogP contribution < -0.4 is 5.32 Å². The van der Waals surface area contributed by atoms with Gasteiger partial charge in [-0.3, -0.25) is 15.1 Å². The molecule has 0 aliphatic carbocycles. The first-order chi connectivity index (χ1) is 8.74. The first kappa shape index (κ1) is 11.9. The summed E-state index contributed by atoms with van der Waals surface area (Å²) in [4.78, 5) is 14.9. The Bertz CT molecular complexity index is 656. The van der Waals surface area contributed by atoms with Gasteiger partial charge in [-0.05, 0) is 31.2 Å². The van der Waals surface area contributed by atoms with E-state index in [1.165, 1.54) is 0 Å². The molecule has 0 aliphatic heterocycles. The molecule has 0 saturated heterocycles. The zero-order valence-corrected chi connectivity index (χ0v) is 9.80. The fourth-order valence-corrected chi connectivity index (χ4v) is 1.70. The third-order valence-corrected chi connectivity index (χ3v) is 2.48. The highest BCUT2D eigenvalue weighted by atomic mass is 16.6. The SMILES string of the molecule is CC#CCNc1ccc2ncccc2c1[N+](=O)[O-]. The lowest BCUT2D eigenvalue weighted by atomic mass is 10.1. The van der Waals surface area contributed by atoms with Crippen LogP contribution in [0.25, 0.3) is 10.9 Å². The molecule has 0 amide bonds. The molecule has 90 valence electrons. The second kappa shape index (κ2) is 5.15. The summed E-state index contributed by atoms with van der Waals surface area (Å²) >= 11 is 0. The van der Waals surface area contributed by atoms with E-state index in [9.17, 15) is 10.1 Å². The van der Waals surface area contributed by atoms with Crippen LogP contribution in [0.15, 0.2) is 30.5 Å². The second-order valence-electron chi connectivity index (χ2n) is 3.57. The van der Waals surface area contributed by atoms with E-state index in [-0.39, 0.29) is 5.69 Å². The maximum Gasteiger partial charge on any atom is 0.301 e. The number of hydrogen-bond donors (Lipinski definition) is 1. The minimum atomic E-state index is -0.397. The van der Waals surface area contributed by atoms with Crippen LogP contribution in [0.2, 0.25) is 0 Å². The number of hydrogen-bond acceptors (Lipinski definition) is 4. The van der Waals surface area contributed by atoms with Crippen LogP contribution in [-0.4, -0.2) is 16.5 Å². The molecule has 0 unspecified atom stereocenters. The van der Waals surface area contributed by atoms with Gasteiger partial charge in [0.2, 0.25) is 0 Å². The molecule has 2 rings (SSSR count). The molecule has 0 radical (unpaired) electrons. The summed E-state index contributed by atoms with van der Waals surface area (Å²) in [6, 6.07) is 6.79. The van der Waals surface area contributed by atoms with Gasteiger partial charge in [0.05, 0.1) is 22.4 Å². The second-order valence-corrected chi connectivity index (χ2v) is 3.57. The molecule has 1 aromatic carbocycles. The molecular formula is C13H11N3O2. The van der Waals surface area contributed by atoms with Crippen molar-refractivity contribution in [2.45, 2.75) is 6.92 Å². The van der Waals surface area contributed by atoms with Gasteiger partial charge < -0.3 is 5.32 Å². The van der Waals surface area contributed by atoms with Gasteiger partial charge in [0, 0.05) is 6.20 Å². The molecule has 0 spiro atoms. The summed E-state index contributed by atoms with van der Waals surface area (Å²) in [6.45, 7) is 2.10. The first-order valence-electron chi connectivity index (χ1n) is 5.39. The van der Waals surface area contributed by atoms with E-state index < -0.39 is 4.92 Å². The van der Waals surface area contributed by atoms with Crippen molar-refractivity contribution in [1.29, 1.82) is 0 Å². The molecule has 18 heavy (non-hydrogen) atoms. The largest absolute Gasteiger partial charge is 0.369 e. The third kappa shape index (κ3) is 2.23. The van der Waals surface area contributed by atoms with Gasteiger partial charge in [-0.25, -0.2) is 0 Å². The molecule has 1 N–H and O–H groups in total. The van der Waals surface area contributed by atoms with Crippen LogP contribution in [0.1, 0.15) is 6.92 Å². The zero-order valence-electron chi connectivity index (χ0n) is 9.80. The molecule has 5 heteroatoms. The summed E-state index contributed by atoms with van der Waals surface area (Å²) in [5, 5.41) is 14.6. The maximum atomic E-state index is 11.2. The van der Waals surface area contributed by atoms with E-state index in [1.54, 1.807) is 37.4 Å². The van der Waals surface area contributed by atoms with E-state index >= 15 is 0 Å². The summed E-state index contributed by atoms with van der Waals surface area (Å²) in [5.41, 5.74) is 1.11. The number of benzene rings is 1. The number of aromatic nitrogens is 1. The number of rotatable bonds is 3. The molecule has 1 heterocycles. The van der Waals surface area contributed by atoms with Crippen LogP contribution in [-0.2, 0) is 0 Å². The Kier molecular flexibility index (Phi) is 3.39. The van der Waals surface area contributed by atoms with E-state index in [4.69, 9.17) is 0 Å². The first-order valence-corrected chi connectivity index (χ1v) is 5.39. The van der Waals surface area contributed by atoms with Crippen LogP contribution in [0.3, 0.4) is 0 Å². The van der Waals surface area contributed by atoms with Gasteiger partial charge in [-0.1, -0.05) is 5.92 Å². The summed E-state index contributed by atoms with van der Waals surface area (Å²) in [7, 11) is 0. The fraction of sp³-hybridized carbons (Fsp3) is 0.154. The number of pyridine rings is 1. The molecule has 0 aliphatic rings. The summed E-state index contributed by atoms with van der Waals surface area (Å²) in [6.07, 6.45) is 1.61. The van der Waals surface area contributed by atoms with Crippen molar-refractivity contribution in [3.05, 3.63) is 40.6 Å². The van der Waals surface area contributed by atoms with E-state index in [0.717, 1.165) is 0 Å². The van der Waals surface area contributed by atoms with Crippen molar-refractivity contribution in [2.24, 2.45) is 0 Å². The average Bonchev–Trinajstić information content (AvgIpc) is 2.38. The van der Waals surface area contributed by atoms with Crippen molar-refractivity contribution in [1.82, 2.24) is 4.98 Å². The minimum absolute atomic E-state index is 0.0403. The standard InChI is InChI=1S/C13H11N3O2/c1-2-3-8-15-12-7-6-11-10(5-4-9-14-11)13(12)16(17)18/h4-7,9,15H,8H2,1H3. The number of nitro groups is 1. The quantitative estimate of drug-likeness (QED) is 0.509. The highest BCUT2D eigenvalue weighted by molar-refractivity contribution is 5.94. The fourth-order valence-electron chi connectivity index (χ4n) is 1.70. The molecule has 1 aromatic heterocycles. The molecule has 0 fully saturated rings. The Hall–Kier alpha value is -2.61. The lowest BCUT2D eigenvalue weighted by Crippen LogP contribution is -2.03. The van der Waals surface area contributed by atoms with Crippen LogP contribution in [0.4, 0.5) is 11.4 Å². The number of fused-ring (bicyclic) bond motifs is 1. The Morgan fingerprint density at radius 2 is 2.28 bits per heavy atom. The van der Waals surface area contributed by atoms with E-state index in [0.29, 0.717) is 23.1 Å². The molecule has 2 aromatic rings. The highest BCUT2D eigenvalue weighted by Crippen LogP contribution is 2.32. The van der Waals surface area contributed by atoms with Gasteiger partial charge in [0.1, 0.15) is 5.69 Å². The molecule has 0 atom stereocenters. The maximum absolute atomic E-state index is 11.2. The summed E-state index contributed by atoms with van der Waals surface area (Å²) in [5.74, 6) is 5.54. The molecule has 0 bridgehead atoms. The van der Waals surface area contributed by atoms with Crippen molar-refractivity contribution in [3.63, 3.8) is 0 Å². The van der Waals surface area contributed by atoms with Gasteiger partial charge in [0.25, 0.3) is 0 Å². The Morgan fingerprint density at radius 1 is 1.44 bits per heavy atom. The Labute approximate surface area is 104 Å². The molecule has 5 nitrogen and oxygen atoms in total. The van der Waals surface area contributed by atoms with Crippen molar-refractivity contribution in [2.75, 3.05) is 11.9 Å². The smallest absolute Gasteiger partial charge is 0.301 e. The van der Waals surface area contributed by atoms with E-state index in [2.05, 4.69) is 22.1 Å². The van der Waals surface area contributed by atoms with Gasteiger partial charge in [0.15, 0.2) is 0 Å². The number of nitrogens with one attached hydrogen (secondary N) is 1. The van der Waals surface area contributed by atoms with Crippen LogP contribution in [0, 0.1) is 22.0 Å². The van der Waals surface area contributed by atoms with Gasteiger partial charge in [-0.15, -0.1) is 5.92 Å². The molecule has 0 saturated carbocycles. The number of anilines is 1. The topological polar surface area (TPSA) is 68.1 Å². The van der Waals surface area contributed by atoms with Crippen LogP contribution >= 0.6 is 0 Å². The van der Waals surface area contributed by atoms with Crippen molar-refractivity contribution < 1.29 is 4.92 Å². The predicted octanol–water partition coefficient (Wildman–Crippen LogP) is 2.58. The lowest BCUT2D eigenvalue weighted by Gasteiger charge is -2.06. The summed E-state index contributed by atoms with van der Waals surface area (Å²) < 4.78 is 0. The third-order valence-electron chi connectivity index (χ3n) is 2.48. The number of nitrogens with zero attached hydrogens (tertiary/aromatic N) is 2. The van der Waals surface area contributed by atoms with Crippen molar-refractivity contribution >= 4 is 22.3 Å².